The topological polar surface area (TPSA) is 86.7 Å². The van der Waals surface area contributed by atoms with E-state index in [0.717, 1.165) is 25.0 Å². The number of esters is 4. The molecule has 0 saturated heterocycles. The van der Waals surface area contributed by atoms with Gasteiger partial charge in [0, 0.05) is 12.2 Å². The van der Waals surface area contributed by atoms with Gasteiger partial charge < -0.3 is 9.47 Å². The number of rotatable bonds is 4. The van der Waals surface area contributed by atoms with Crippen LogP contribution >= 0.6 is 0 Å². The first-order valence-electron chi connectivity index (χ1n) is 12.3. The molecule has 184 valence electrons. The van der Waals surface area contributed by atoms with Gasteiger partial charge >= 0.3 is 23.9 Å². The molecule has 0 radical (unpaired) electrons. The van der Waals surface area contributed by atoms with Crippen LogP contribution in [-0.2, 0) is 28.7 Å². The Hall–Kier alpha value is -2.50. The Labute approximate surface area is 201 Å². The second-order valence-electron chi connectivity index (χ2n) is 12.6. The number of hydrogen-bond donors (Lipinski definition) is 0. The van der Waals surface area contributed by atoms with E-state index in [4.69, 9.17) is 9.47 Å². The lowest BCUT2D eigenvalue weighted by molar-refractivity contribution is -0.174. The third kappa shape index (κ3) is 3.70. The number of hydrogen-bond acceptors (Lipinski definition) is 6. The lowest BCUT2D eigenvalue weighted by Gasteiger charge is -2.43. The minimum Gasteiger partial charge on any atom is -0.389 e. The van der Waals surface area contributed by atoms with E-state index in [1.54, 1.807) is 0 Å². The van der Waals surface area contributed by atoms with Crippen LogP contribution < -0.4 is 0 Å². The summed E-state index contributed by atoms with van der Waals surface area (Å²) in [5.41, 5.74) is -2.33. The van der Waals surface area contributed by atoms with E-state index in [2.05, 4.69) is 24.3 Å². The van der Waals surface area contributed by atoms with Gasteiger partial charge in [0.15, 0.2) is 0 Å². The van der Waals surface area contributed by atoms with Crippen LogP contribution in [0.2, 0.25) is 0 Å². The van der Waals surface area contributed by atoms with E-state index >= 15 is 0 Å². The van der Waals surface area contributed by atoms with Gasteiger partial charge in [0.05, 0.1) is 10.8 Å². The van der Waals surface area contributed by atoms with Crippen molar-refractivity contribution in [1.82, 2.24) is 0 Å². The highest BCUT2D eigenvalue weighted by Gasteiger charge is 2.62. The summed E-state index contributed by atoms with van der Waals surface area (Å²) in [6, 6.07) is 0. The number of fused-ring (bicyclic) bond motifs is 4. The zero-order valence-electron chi connectivity index (χ0n) is 21.1. The molecule has 4 rings (SSSR count). The van der Waals surface area contributed by atoms with Crippen molar-refractivity contribution in [1.29, 1.82) is 0 Å². The van der Waals surface area contributed by atoms with E-state index in [-0.39, 0.29) is 22.7 Å². The highest BCUT2D eigenvalue weighted by Crippen LogP contribution is 2.62. The van der Waals surface area contributed by atoms with Crippen LogP contribution in [0.5, 0.6) is 0 Å². The van der Waals surface area contributed by atoms with Gasteiger partial charge in [-0.05, 0) is 60.2 Å². The summed E-state index contributed by atoms with van der Waals surface area (Å²) in [4.78, 5) is 51.1. The van der Waals surface area contributed by atoms with Gasteiger partial charge in [0.2, 0.25) is 0 Å². The van der Waals surface area contributed by atoms with Crippen molar-refractivity contribution in [3.05, 3.63) is 36.5 Å². The first-order valence-corrected chi connectivity index (χ1v) is 12.3. The van der Waals surface area contributed by atoms with Crippen LogP contribution in [-0.4, -0.2) is 23.9 Å². The van der Waals surface area contributed by atoms with Crippen molar-refractivity contribution in [2.45, 2.75) is 67.2 Å². The molecule has 0 aromatic carbocycles. The first kappa shape index (κ1) is 24.6. The SMILES string of the molecule is CC(C)(C)C1(C(=O)OC(=O)/C=C\C(=O)OC(=O)C2(C(C)(C)C)CC3C=CC2C3)CC2C=CC1C2. The molecular formula is C28H36O6. The molecular weight excluding hydrogens is 432 g/mol. The third-order valence-corrected chi connectivity index (χ3v) is 8.93. The van der Waals surface area contributed by atoms with Crippen LogP contribution in [0, 0.1) is 45.3 Å². The summed E-state index contributed by atoms with van der Waals surface area (Å²) in [5, 5.41) is 0. The standard InChI is InChI=1S/C28H36O6/c1-25(2,3)27(15-17-7-9-19(27)13-17)23(31)33-21(29)11-12-22(30)34-24(32)28(26(4,5)6)16-18-8-10-20(28)14-18/h7-12,17-20H,13-16H2,1-6H3/b12-11-. The van der Waals surface area contributed by atoms with Gasteiger partial charge in [-0.1, -0.05) is 65.8 Å². The number of allylic oxidation sites excluding steroid dienone is 4. The van der Waals surface area contributed by atoms with Gasteiger partial charge in [-0.15, -0.1) is 0 Å². The number of carbonyl (C=O) groups excluding carboxylic acids is 4. The number of carbonyl (C=O) groups is 4. The quantitative estimate of drug-likeness (QED) is 0.251. The summed E-state index contributed by atoms with van der Waals surface area (Å²) in [6.45, 7) is 11.9. The molecule has 4 aliphatic carbocycles. The van der Waals surface area contributed by atoms with Crippen molar-refractivity contribution >= 4 is 23.9 Å². The van der Waals surface area contributed by atoms with E-state index in [9.17, 15) is 19.2 Å². The van der Waals surface area contributed by atoms with Crippen LogP contribution in [0.3, 0.4) is 0 Å². The Morgan fingerprint density at radius 2 is 1.03 bits per heavy atom. The van der Waals surface area contributed by atoms with Crippen molar-refractivity contribution in [2.75, 3.05) is 0 Å². The molecule has 0 N–H and O–H groups in total. The lowest BCUT2D eigenvalue weighted by atomic mass is 9.59. The number of ether oxygens (including phenoxy) is 2. The minimum atomic E-state index is -0.932. The second kappa shape index (κ2) is 8.03. The predicted molar refractivity (Wildman–Crippen MR) is 126 cm³/mol. The molecule has 0 aromatic heterocycles. The highest BCUT2D eigenvalue weighted by molar-refractivity contribution is 6.01. The molecule has 2 saturated carbocycles. The van der Waals surface area contributed by atoms with Gasteiger partial charge in [0.25, 0.3) is 0 Å². The van der Waals surface area contributed by atoms with Crippen molar-refractivity contribution < 1.29 is 28.7 Å². The largest absolute Gasteiger partial charge is 0.389 e. The summed E-state index contributed by atoms with van der Waals surface area (Å²) >= 11 is 0. The molecule has 0 heterocycles. The summed E-state index contributed by atoms with van der Waals surface area (Å²) in [7, 11) is 0. The fourth-order valence-corrected chi connectivity index (χ4v) is 7.09. The normalized spacial score (nSPS) is 35.8. The van der Waals surface area contributed by atoms with Gasteiger partial charge in [-0.25, -0.2) is 9.59 Å². The average molecular weight is 469 g/mol. The fourth-order valence-electron chi connectivity index (χ4n) is 7.09. The maximum Gasteiger partial charge on any atom is 0.338 e. The molecule has 0 aliphatic heterocycles. The van der Waals surface area contributed by atoms with Crippen molar-refractivity contribution in [2.24, 2.45) is 45.3 Å². The molecule has 0 spiro atoms. The molecule has 6 nitrogen and oxygen atoms in total. The Kier molecular flexibility index (Phi) is 5.81. The van der Waals surface area contributed by atoms with Crippen LogP contribution in [0.1, 0.15) is 67.2 Å². The molecule has 0 aromatic rings. The molecule has 4 aliphatic rings. The van der Waals surface area contributed by atoms with Gasteiger partial charge in [-0.2, -0.15) is 0 Å². The second-order valence-corrected chi connectivity index (χ2v) is 12.6. The van der Waals surface area contributed by atoms with Crippen molar-refractivity contribution in [3.63, 3.8) is 0 Å². The Bertz CT molecular complexity index is 923. The Morgan fingerprint density at radius 1 is 0.676 bits per heavy atom. The third-order valence-electron chi connectivity index (χ3n) is 8.93. The minimum absolute atomic E-state index is 0.0359. The predicted octanol–water partition coefficient (Wildman–Crippen LogP) is 4.94. The van der Waals surface area contributed by atoms with Crippen LogP contribution in [0.4, 0.5) is 0 Å². The van der Waals surface area contributed by atoms with E-state index in [0.29, 0.717) is 24.7 Å². The highest BCUT2D eigenvalue weighted by atomic mass is 16.6. The molecule has 4 bridgehead atoms. The first-order chi connectivity index (χ1) is 15.7. The monoisotopic (exact) mass is 468 g/mol. The molecule has 0 amide bonds. The molecule has 6 atom stereocenters. The van der Waals surface area contributed by atoms with Crippen LogP contribution in [0.25, 0.3) is 0 Å². The fraction of sp³-hybridized carbons (Fsp3) is 0.643. The Balaban J connectivity index is 1.40. The molecule has 34 heavy (non-hydrogen) atoms. The lowest BCUT2D eigenvalue weighted by Crippen LogP contribution is -2.48. The van der Waals surface area contributed by atoms with Gasteiger partial charge in [-0.3, -0.25) is 9.59 Å². The van der Waals surface area contributed by atoms with E-state index in [1.807, 2.05) is 41.5 Å². The van der Waals surface area contributed by atoms with Crippen molar-refractivity contribution in [3.8, 4) is 0 Å². The maximum absolute atomic E-state index is 13.1. The smallest absolute Gasteiger partial charge is 0.338 e. The average Bonchev–Trinajstić information content (AvgIpc) is 3.50. The van der Waals surface area contributed by atoms with E-state index < -0.39 is 34.7 Å². The molecule has 6 unspecified atom stereocenters. The van der Waals surface area contributed by atoms with E-state index in [1.165, 1.54) is 0 Å². The summed E-state index contributed by atoms with van der Waals surface area (Å²) in [5.74, 6) is -2.27. The Morgan fingerprint density at radius 3 is 1.26 bits per heavy atom. The summed E-state index contributed by atoms with van der Waals surface area (Å²) in [6.07, 6.45) is 13.2. The van der Waals surface area contributed by atoms with Gasteiger partial charge in [0.1, 0.15) is 0 Å². The maximum atomic E-state index is 13.1. The summed E-state index contributed by atoms with van der Waals surface area (Å²) < 4.78 is 10.4. The zero-order chi connectivity index (χ0) is 25.1. The molecule has 2 fully saturated rings. The molecule has 6 heteroatoms. The zero-order valence-corrected chi connectivity index (χ0v) is 21.1. The van der Waals surface area contributed by atoms with Crippen LogP contribution in [0.15, 0.2) is 36.5 Å².